The maximum Gasteiger partial charge on any atom is 0.254 e. The van der Waals surface area contributed by atoms with Crippen LogP contribution in [0.5, 0.6) is 0 Å². The van der Waals surface area contributed by atoms with Gasteiger partial charge in [-0.3, -0.25) is 4.79 Å². The van der Waals surface area contributed by atoms with Crippen molar-refractivity contribution in [2.45, 2.75) is 0 Å². The second-order valence-electron chi connectivity index (χ2n) is 2.86. The van der Waals surface area contributed by atoms with E-state index in [1.807, 2.05) is 0 Å². The van der Waals surface area contributed by atoms with E-state index in [1.165, 1.54) is 12.3 Å². The van der Waals surface area contributed by atoms with Crippen molar-refractivity contribution in [1.82, 2.24) is 10.3 Å². The van der Waals surface area contributed by atoms with Gasteiger partial charge in [0.05, 0.1) is 24.1 Å². The van der Waals surface area contributed by atoms with Crippen LogP contribution in [0.15, 0.2) is 12.3 Å². The number of pyridine rings is 1. The lowest BCUT2D eigenvalue weighted by Gasteiger charge is -2.06. The standard InChI is InChI=1S/C9H12ClN3O2/c1-15-3-2-12-9(14)7-4-6(11)5-13-8(7)10/h4-5H,2-3,11H2,1H3,(H,12,14). The first-order valence-corrected chi connectivity index (χ1v) is 4.71. The zero-order valence-corrected chi connectivity index (χ0v) is 9.04. The normalized spacial score (nSPS) is 10.0. The minimum absolute atomic E-state index is 0.138. The van der Waals surface area contributed by atoms with E-state index in [1.54, 1.807) is 7.11 Å². The summed E-state index contributed by atoms with van der Waals surface area (Å²) in [5, 5.41) is 2.76. The number of aromatic nitrogens is 1. The molecular weight excluding hydrogens is 218 g/mol. The van der Waals surface area contributed by atoms with Gasteiger partial charge in [0.15, 0.2) is 0 Å². The summed E-state index contributed by atoms with van der Waals surface area (Å²) in [6.45, 7) is 0.861. The number of nitrogens with zero attached hydrogens (tertiary/aromatic N) is 1. The lowest BCUT2D eigenvalue weighted by atomic mass is 10.2. The summed E-state index contributed by atoms with van der Waals surface area (Å²) >= 11 is 5.75. The first-order chi connectivity index (χ1) is 7.15. The average Bonchev–Trinajstić information content (AvgIpc) is 2.22. The van der Waals surface area contributed by atoms with Crippen molar-refractivity contribution in [1.29, 1.82) is 0 Å². The summed E-state index contributed by atoms with van der Waals surface area (Å²) in [6.07, 6.45) is 1.40. The molecule has 0 atom stereocenters. The number of nitrogen functional groups attached to an aromatic ring is 1. The van der Waals surface area contributed by atoms with Crippen LogP contribution in [0.1, 0.15) is 10.4 Å². The second kappa shape index (κ2) is 5.53. The molecule has 0 aliphatic carbocycles. The first-order valence-electron chi connectivity index (χ1n) is 4.33. The Labute approximate surface area is 92.6 Å². The highest BCUT2D eigenvalue weighted by atomic mass is 35.5. The minimum Gasteiger partial charge on any atom is -0.397 e. The largest absolute Gasteiger partial charge is 0.397 e. The summed E-state index contributed by atoms with van der Waals surface area (Å²) in [5.74, 6) is -0.308. The molecule has 1 aromatic rings. The molecule has 0 unspecified atom stereocenters. The fraction of sp³-hybridized carbons (Fsp3) is 0.333. The van der Waals surface area contributed by atoms with Crippen molar-refractivity contribution in [3.8, 4) is 0 Å². The van der Waals surface area contributed by atoms with Crippen molar-refractivity contribution < 1.29 is 9.53 Å². The van der Waals surface area contributed by atoms with Crippen LogP contribution in [0, 0.1) is 0 Å². The van der Waals surface area contributed by atoms with Crippen LogP contribution in [0.3, 0.4) is 0 Å². The van der Waals surface area contributed by atoms with Gasteiger partial charge in [0.1, 0.15) is 5.15 Å². The van der Waals surface area contributed by atoms with Crippen molar-refractivity contribution >= 4 is 23.2 Å². The number of ether oxygens (including phenoxy) is 1. The van der Waals surface area contributed by atoms with Gasteiger partial charge in [-0.25, -0.2) is 4.98 Å². The van der Waals surface area contributed by atoms with Gasteiger partial charge in [-0.2, -0.15) is 0 Å². The fourth-order valence-electron chi connectivity index (χ4n) is 0.985. The SMILES string of the molecule is COCCNC(=O)c1cc(N)cnc1Cl. The van der Waals surface area contributed by atoms with Crippen LogP contribution < -0.4 is 11.1 Å². The lowest BCUT2D eigenvalue weighted by Crippen LogP contribution is -2.27. The highest BCUT2D eigenvalue weighted by molar-refractivity contribution is 6.32. The molecule has 82 valence electrons. The molecule has 0 saturated heterocycles. The third-order valence-electron chi connectivity index (χ3n) is 1.70. The van der Waals surface area contributed by atoms with E-state index in [9.17, 15) is 4.79 Å². The summed E-state index contributed by atoms with van der Waals surface area (Å²) in [4.78, 5) is 15.3. The summed E-state index contributed by atoms with van der Waals surface area (Å²) < 4.78 is 4.79. The van der Waals surface area contributed by atoms with E-state index in [2.05, 4.69) is 10.3 Å². The third kappa shape index (κ3) is 3.38. The Balaban J connectivity index is 2.68. The zero-order chi connectivity index (χ0) is 11.3. The van der Waals surface area contributed by atoms with Crippen molar-refractivity contribution in [3.05, 3.63) is 23.0 Å². The predicted octanol–water partition coefficient (Wildman–Crippen LogP) is 0.693. The molecule has 0 bridgehead atoms. The molecule has 15 heavy (non-hydrogen) atoms. The van der Waals surface area contributed by atoms with Gasteiger partial charge in [-0.1, -0.05) is 11.6 Å². The minimum atomic E-state index is -0.308. The topological polar surface area (TPSA) is 77.2 Å². The van der Waals surface area contributed by atoms with E-state index in [-0.39, 0.29) is 16.6 Å². The summed E-state index contributed by atoms with van der Waals surface area (Å²) in [6, 6.07) is 1.48. The summed E-state index contributed by atoms with van der Waals surface area (Å²) in [5.41, 5.74) is 6.16. The number of carbonyl (C=O) groups is 1. The van der Waals surface area contributed by atoms with E-state index in [0.29, 0.717) is 18.8 Å². The number of methoxy groups -OCH3 is 1. The number of anilines is 1. The van der Waals surface area contributed by atoms with Gasteiger partial charge in [-0.15, -0.1) is 0 Å². The van der Waals surface area contributed by atoms with Gasteiger partial charge in [0, 0.05) is 13.7 Å². The quantitative estimate of drug-likeness (QED) is 0.588. The van der Waals surface area contributed by atoms with Gasteiger partial charge >= 0.3 is 0 Å². The predicted molar refractivity (Wildman–Crippen MR) is 57.9 cm³/mol. The number of carbonyl (C=O) groups excluding carboxylic acids is 1. The molecule has 1 aromatic heterocycles. The van der Waals surface area contributed by atoms with E-state index in [0.717, 1.165) is 0 Å². The Morgan fingerprint density at radius 1 is 1.73 bits per heavy atom. The molecule has 1 amide bonds. The number of rotatable bonds is 4. The van der Waals surface area contributed by atoms with Crippen LogP contribution in [-0.2, 0) is 4.74 Å². The molecule has 3 N–H and O–H groups in total. The zero-order valence-electron chi connectivity index (χ0n) is 8.29. The highest BCUT2D eigenvalue weighted by Crippen LogP contribution is 2.14. The van der Waals surface area contributed by atoms with Gasteiger partial charge < -0.3 is 15.8 Å². The summed E-state index contributed by atoms with van der Waals surface area (Å²) in [7, 11) is 1.56. The smallest absolute Gasteiger partial charge is 0.254 e. The van der Waals surface area contributed by atoms with Crippen LogP contribution >= 0.6 is 11.6 Å². The van der Waals surface area contributed by atoms with Crippen molar-refractivity contribution in [2.24, 2.45) is 0 Å². The molecule has 0 aliphatic heterocycles. The maximum atomic E-state index is 11.5. The maximum absolute atomic E-state index is 11.5. The third-order valence-corrected chi connectivity index (χ3v) is 2.00. The molecule has 0 aromatic carbocycles. The van der Waals surface area contributed by atoms with Crippen LogP contribution in [0.25, 0.3) is 0 Å². The Kier molecular flexibility index (Phi) is 4.33. The number of nitrogens with one attached hydrogen (secondary N) is 1. The van der Waals surface area contributed by atoms with E-state index in [4.69, 9.17) is 22.1 Å². The second-order valence-corrected chi connectivity index (χ2v) is 3.21. The Hall–Kier alpha value is -1.33. The van der Waals surface area contributed by atoms with Gasteiger partial charge in [0.25, 0.3) is 5.91 Å². The fourth-order valence-corrected chi connectivity index (χ4v) is 1.17. The van der Waals surface area contributed by atoms with Crippen LogP contribution in [0.2, 0.25) is 5.15 Å². The van der Waals surface area contributed by atoms with E-state index >= 15 is 0 Å². The molecule has 0 saturated carbocycles. The first kappa shape index (κ1) is 11.7. The lowest BCUT2D eigenvalue weighted by molar-refractivity contribution is 0.0937. The van der Waals surface area contributed by atoms with Crippen molar-refractivity contribution in [3.63, 3.8) is 0 Å². The Bertz CT molecular complexity index is 357. The van der Waals surface area contributed by atoms with E-state index < -0.39 is 0 Å². The number of nitrogens with two attached hydrogens (primary N) is 1. The van der Waals surface area contributed by atoms with Crippen molar-refractivity contribution in [2.75, 3.05) is 26.0 Å². The molecule has 5 nitrogen and oxygen atoms in total. The molecule has 0 fully saturated rings. The molecule has 0 aliphatic rings. The number of hydrogen-bond acceptors (Lipinski definition) is 4. The van der Waals surface area contributed by atoms with Crippen LogP contribution in [-0.4, -0.2) is 31.2 Å². The number of hydrogen-bond donors (Lipinski definition) is 2. The average molecular weight is 230 g/mol. The highest BCUT2D eigenvalue weighted by Gasteiger charge is 2.10. The number of amides is 1. The van der Waals surface area contributed by atoms with Gasteiger partial charge in [0.2, 0.25) is 0 Å². The molecule has 6 heteroatoms. The van der Waals surface area contributed by atoms with Crippen LogP contribution in [0.4, 0.5) is 5.69 Å². The molecule has 1 heterocycles. The number of halogens is 1. The molecule has 0 radical (unpaired) electrons. The molecule has 0 spiro atoms. The van der Waals surface area contributed by atoms with Gasteiger partial charge in [-0.05, 0) is 6.07 Å². The molecular formula is C9H12ClN3O2. The molecule has 1 rings (SSSR count). The Morgan fingerprint density at radius 2 is 2.47 bits per heavy atom. The monoisotopic (exact) mass is 229 g/mol. The Morgan fingerprint density at radius 3 is 3.13 bits per heavy atom.